The number of hydrogen-bond donors (Lipinski definition) is 2. The Bertz CT molecular complexity index is 317. The molecule has 0 radical (unpaired) electrons. The SMILES string of the molecule is CCCCCCCCCCCCCCCC(=O)OC(=O)C(O)CO. The fraction of sp³-hybridized carbons (Fsp3) is 0.895. The Morgan fingerprint density at radius 2 is 1.21 bits per heavy atom. The highest BCUT2D eigenvalue weighted by molar-refractivity contribution is 5.87. The fourth-order valence-corrected chi connectivity index (χ4v) is 2.59. The van der Waals surface area contributed by atoms with Gasteiger partial charge in [-0.05, 0) is 6.42 Å². The minimum Gasteiger partial charge on any atom is -0.393 e. The van der Waals surface area contributed by atoms with Crippen molar-refractivity contribution in [2.24, 2.45) is 0 Å². The average molecular weight is 344 g/mol. The zero-order valence-electron chi connectivity index (χ0n) is 15.3. The smallest absolute Gasteiger partial charge is 0.345 e. The van der Waals surface area contributed by atoms with Crippen molar-refractivity contribution in [3.8, 4) is 0 Å². The topological polar surface area (TPSA) is 83.8 Å². The lowest BCUT2D eigenvalue weighted by atomic mass is 10.0. The first-order valence-electron chi connectivity index (χ1n) is 9.65. The molecule has 2 N–H and O–H groups in total. The van der Waals surface area contributed by atoms with E-state index in [2.05, 4.69) is 11.7 Å². The van der Waals surface area contributed by atoms with Crippen LogP contribution in [0.3, 0.4) is 0 Å². The second kappa shape index (κ2) is 16.9. The zero-order chi connectivity index (χ0) is 18.0. The first-order valence-corrected chi connectivity index (χ1v) is 9.65. The lowest BCUT2D eigenvalue weighted by molar-refractivity contribution is -0.167. The van der Waals surface area contributed by atoms with E-state index in [0.717, 1.165) is 12.8 Å². The Morgan fingerprint density at radius 3 is 1.62 bits per heavy atom. The van der Waals surface area contributed by atoms with Gasteiger partial charge in [-0.15, -0.1) is 0 Å². The second-order valence-electron chi connectivity index (χ2n) is 6.48. The standard InChI is InChI=1S/C19H36O5/c1-2-3-4-5-6-7-8-9-10-11-12-13-14-15-18(22)24-19(23)17(21)16-20/h17,20-21H,2-16H2,1H3. The molecule has 0 aliphatic rings. The van der Waals surface area contributed by atoms with Crippen molar-refractivity contribution in [1.29, 1.82) is 0 Å². The van der Waals surface area contributed by atoms with Crippen molar-refractivity contribution in [2.75, 3.05) is 6.61 Å². The molecule has 0 aliphatic carbocycles. The normalized spacial score (nSPS) is 12.1. The summed E-state index contributed by atoms with van der Waals surface area (Å²) in [6.07, 6.45) is 14.5. The molecule has 0 bridgehead atoms. The average Bonchev–Trinajstić information content (AvgIpc) is 2.58. The summed E-state index contributed by atoms with van der Waals surface area (Å²) in [5.74, 6) is -1.70. The van der Waals surface area contributed by atoms with Crippen LogP contribution in [0.5, 0.6) is 0 Å². The van der Waals surface area contributed by atoms with Gasteiger partial charge in [-0.3, -0.25) is 4.79 Å². The van der Waals surface area contributed by atoms with Crippen LogP contribution in [0.1, 0.15) is 96.8 Å². The van der Waals surface area contributed by atoms with Crippen LogP contribution >= 0.6 is 0 Å². The maximum atomic E-state index is 11.3. The highest BCUT2D eigenvalue weighted by atomic mass is 16.6. The Kier molecular flexibility index (Phi) is 16.2. The third-order valence-corrected chi connectivity index (χ3v) is 4.14. The number of rotatable bonds is 16. The number of hydrogen-bond acceptors (Lipinski definition) is 5. The molecular weight excluding hydrogens is 308 g/mol. The molecule has 0 amide bonds. The molecule has 0 spiro atoms. The maximum Gasteiger partial charge on any atom is 0.345 e. The Labute approximate surface area is 146 Å². The summed E-state index contributed by atoms with van der Waals surface area (Å²) >= 11 is 0. The summed E-state index contributed by atoms with van der Waals surface area (Å²) < 4.78 is 4.42. The molecule has 0 aromatic carbocycles. The van der Waals surface area contributed by atoms with E-state index in [4.69, 9.17) is 10.2 Å². The first kappa shape index (κ1) is 23.1. The molecule has 5 nitrogen and oxygen atoms in total. The molecule has 1 unspecified atom stereocenters. The van der Waals surface area contributed by atoms with E-state index in [-0.39, 0.29) is 6.42 Å². The number of aliphatic hydroxyl groups excluding tert-OH is 2. The second-order valence-corrected chi connectivity index (χ2v) is 6.48. The minimum atomic E-state index is -1.62. The highest BCUT2D eigenvalue weighted by Crippen LogP contribution is 2.13. The molecule has 1 atom stereocenters. The number of unbranched alkanes of at least 4 members (excludes halogenated alkanes) is 12. The van der Waals surface area contributed by atoms with Crippen molar-refractivity contribution in [2.45, 2.75) is 103 Å². The molecule has 24 heavy (non-hydrogen) atoms. The number of esters is 2. The van der Waals surface area contributed by atoms with E-state index in [0.29, 0.717) is 6.42 Å². The summed E-state index contributed by atoms with van der Waals surface area (Å²) in [6, 6.07) is 0. The van der Waals surface area contributed by atoms with Crippen LogP contribution in [-0.2, 0) is 14.3 Å². The van der Waals surface area contributed by atoms with Crippen LogP contribution in [-0.4, -0.2) is 34.9 Å². The third-order valence-electron chi connectivity index (χ3n) is 4.14. The van der Waals surface area contributed by atoms with Crippen LogP contribution in [0, 0.1) is 0 Å². The van der Waals surface area contributed by atoms with Crippen molar-refractivity contribution >= 4 is 11.9 Å². The van der Waals surface area contributed by atoms with E-state index in [9.17, 15) is 9.59 Å². The van der Waals surface area contributed by atoms with Crippen LogP contribution < -0.4 is 0 Å². The van der Waals surface area contributed by atoms with E-state index >= 15 is 0 Å². The first-order chi connectivity index (χ1) is 11.6. The summed E-state index contributed by atoms with van der Waals surface area (Å²) in [5, 5.41) is 17.5. The number of carbonyl (C=O) groups excluding carboxylic acids is 2. The highest BCUT2D eigenvalue weighted by Gasteiger charge is 2.18. The maximum absolute atomic E-state index is 11.3. The Morgan fingerprint density at radius 1 is 0.792 bits per heavy atom. The van der Waals surface area contributed by atoms with Gasteiger partial charge in [-0.1, -0.05) is 84.0 Å². The van der Waals surface area contributed by atoms with Crippen LogP contribution in [0.4, 0.5) is 0 Å². The predicted molar refractivity (Wildman–Crippen MR) is 94.5 cm³/mol. The summed E-state index contributed by atoms with van der Waals surface area (Å²) in [5.41, 5.74) is 0. The molecular formula is C19H36O5. The van der Waals surface area contributed by atoms with Gasteiger partial charge in [0.15, 0.2) is 6.10 Å². The summed E-state index contributed by atoms with van der Waals surface area (Å²) in [7, 11) is 0. The molecule has 0 fully saturated rings. The lowest BCUT2D eigenvalue weighted by Crippen LogP contribution is -2.28. The van der Waals surface area contributed by atoms with Gasteiger partial charge in [-0.2, -0.15) is 0 Å². The van der Waals surface area contributed by atoms with Gasteiger partial charge in [0.2, 0.25) is 0 Å². The number of ether oxygens (including phenoxy) is 1. The van der Waals surface area contributed by atoms with E-state index in [1.807, 2.05) is 0 Å². The van der Waals surface area contributed by atoms with E-state index in [1.165, 1.54) is 64.2 Å². The molecule has 142 valence electrons. The fourth-order valence-electron chi connectivity index (χ4n) is 2.59. The predicted octanol–water partition coefficient (Wildman–Crippen LogP) is 3.89. The van der Waals surface area contributed by atoms with Crippen LogP contribution in [0.25, 0.3) is 0 Å². The van der Waals surface area contributed by atoms with Crippen molar-refractivity contribution < 1.29 is 24.5 Å². The van der Waals surface area contributed by atoms with Crippen molar-refractivity contribution in [1.82, 2.24) is 0 Å². The van der Waals surface area contributed by atoms with E-state index in [1.54, 1.807) is 0 Å². The molecule has 0 saturated carbocycles. The Hall–Kier alpha value is -0.940. The zero-order valence-corrected chi connectivity index (χ0v) is 15.3. The lowest BCUT2D eigenvalue weighted by Gasteiger charge is -2.06. The van der Waals surface area contributed by atoms with Gasteiger partial charge in [0, 0.05) is 6.42 Å². The molecule has 0 aliphatic heterocycles. The van der Waals surface area contributed by atoms with Gasteiger partial charge >= 0.3 is 11.9 Å². The third kappa shape index (κ3) is 14.6. The van der Waals surface area contributed by atoms with Crippen molar-refractivity contribution in [3.63, 3.8) is 0 Å². The van der Waals surface area contributed by atoms with Gasteiger partial charge in [0.1, 0.15) is 0 Å². The quantitative estimate of drug-likeness (QED) is 0.252. The van der Waals surface area contributed by atoms with E-state index < -0.39 is 24.6 Å². The number of aliphatic hydroxyl groups is 2. The van der Waals surface area contributed by atoms with Crippen LogP contribution in [0.2, 0.25) is 0 Å². The number of carbonyl (C=O) groups is 2. The summed E-state index contributed by atoms with van der Waals surface area (Å²) in [6.45, 7) is 1.51. The molecule has 0 saturated heterocycles. The molecule has 0 heterocycles. The Balaban J connectivity index is 3.27. The van der Waals surface area contributed by atoms with Crippen LogP contribution in [0.15, 0.2) is 0 Å². The molecule has 0 aromatic rings. The van der Waals surface area contributed by atoms with Gasteiger partial charge in [-0.25, -0.2) is 4.79 Å². The molecule has 5 heteroatoms. The minimum absolute atomic E-state index is 0.182. The van der Waals surface area contributed by atoms with Gasteiger partial charge < -0.3 is 14.9 Å². The summed E-state index contributed by atoms with van der Waals surface area (Å²) in [4.78, 5) is 22.4. The molecule has 0 rings (SSSR count). The monoisotopic (exact) mass is 344 g/mol. The van der Waals surface area contributed by atoms with Crippen molar-refractivity contribution in [3.05, 3.63) is 0 Å². The van der Waals surface area contributed by atoms with Gasteiger partial charge in [0.25, 0.3) is 0 Å². The largest absolute Gasteiger partial charge is 0.393 e. The molecule has 0 aromatic heterocycles. The van der Waals surface area contributed by atoms with Gasteiger partial charge in [0.05, 0.1) is 6.61 Å².